The van der Waals surface area contributed by atoms with E-state index >= 15 is 0 Å². The number of hydroxylamine groups is 2. The van der Waals surface area contributed by atoms with Crippen molar-refractivity contribution in [3.8, 4) is 6.07 Å². The first kappa shape index (κ1) is 113. The van der Waals surface area contributed by atoms with E-state index in [4.69, 9.17) is 67.8 Å². The summed E-state index contributed by atoms with van der Waals surface area (Å²) in [5, 5.41) is 50.5. The number of carboxylic acid groups (broad SMARTS) is 1. The molecule has 0 aliphatic heterocycles. The third-order valence-electron chi connectivity index (χ3n) is 11.5. The zero-order valence-corrected chi connectivity index (χ0v) is 66.1. The molecule has 49 heteroatoms. The third-order valence-corrected chi connectivity index (χ3v) is 11.9. The van der Waals surface area contributed by atoms with Gasteiger partial charge in [-0.1, -0.05) is 62.1 Å². The monoisotopic (exact) mass is 1630 g/mol. The van der Waals surface area contributed by atoms with Gasteiger partial charge < -0.3 is 71.7 Å². The summed E-state index contributed by atoms with van der Waals surface area (Å²) in [4.78, 5) is 138. The maximum Gasteiger partial charge on any atom is 0.522 e. The Morgan fingerprint density at radius 3 is 1.23 bits per heavy atom. The van der Waals surface area contributed by atoms with Crippen LogP contribution >= 0.6 is 8.46 Å². The fourth-order valence-electron chi connectivity index (χ4n) is 5.37. The molecule has 6 rings (SSSR count). The van der Waals surface area contributed by atoms with Crippen molar-refractivity contribution in [1.82, 2.24) is 65.9 Å². The summed E-state index contributed by atoms with van der Waals surface area (Å²) in [7, 11) is 4.61. The molecule has 0 fully saturated rings. The molecule has 42 nitrogen and oxygen atoms in total. The lowest BCUT2D eigenvalue weighted by Crippen LogP contribution is -2.30. The molecular formula is C63H93F6N16O26P. The molecule has 112 heavy (non-hydrogen) atoms. The lowest BCUT2D eigenvalue weighted by molar-refractivity contribution is -0.311. The topological polar surface area (TPSA) is 600 Å². The highest BCUT2D eigenvalue weighted by molar-refractivity contribution is 7.25. The number of amides is 1. The van der Waals surface area contributed by atoms with Gasteiger partial charge in [-0.2, -0.15) is 44.8 Å². The molecule has 4 N–H and O–H groups in total. The third kappa shape index (κ3) is 58.9. The standard InChI is InChI=1S/C8H13N3O3.C8H10N2O3.C8H12N2O.C7H10N2O2.C6H8N2O3.C6H12N2O3.C6H8N2O2.C6H9NO2.C3H5O3P.C2H3F3O.C2H3FO.CO2.F2/c1-5(8(12)11(3)13-4)7-9-6(2)14-10-7;1-6(3-4-12-5-11)8-9-7(2)13-10-8;1-4-5-6(2)8-9-7(3)11-10-8;1-4(5(2)10)7-8-6(3)11-9-7;1-3(6(9)10)5-7-4(2)11-8-5;1-3-11-6(9)4(2)5(7)8-10;1-4(3-9)6-7-5(2)10-8-6;1-3-9-6(8)5(2)4-7;1-6-3(4)2-7-5;1-6-2(3,4)5;3-1-2-4;2-1-3;1-2/h5H,1-4H3;3-6H,1-2H3;4-6H,1-3H3;4H,1-3H3;3H,1-2H3,(H,9,10);4,10H,3H2,1-2H3,(H2,7,8);3-4H,1-2H3;5H,3H2,1-2H3;2H2,1H3;1H3;2H,1H2;;/b;4-3-;5-4-;;;;;;;;;;. The van der Waals surface area contributed by atoms with E-state index < -0.39 is 60.6 Å². The zero-order valence-electron chi connectivity index (χ0n) is 65.2. The van der Waals surface area contributed by atoms with Crippen LogP contribution in [0.4, 0.5) is 26.7 Å². The summed E-state index contributed by atoms with van der Waals surface area (Å²) in [5.41, 5.74) is 5.15. The van der Waals surface area contributed by atoms with Gasteiger partial charge in [-0.25, -0.2) is 9.45 Å². The van der Waals surface area contributed by atoms with Gasteiger partial charge >= 0.3 is 36.4 Å². The summed E-state index contributed by atoms with van der Waals surface area (Å²) in [6, 6.07) is 1.77. The molecule has 6 aromatic rings. The van der Waals surface area contributed by atoms with Crippen LogP contribution in [-0.4, -0.2) is 204 Å². The van der Waals surface area contributed by atoms with Gasteiger partial charge in [0.05, 0.1) is 51.6 Å². The van der Waals surface area contributed by atoms with E-state index in [0.29, 0.717) is 85.4 Å². The van der Waals surface area contributed by atoms with Gasteiger partial charge in [0, 0.05) is 76.7 Å². The van der Waals surface area contributed by atoms with E-state index in [1.165, 1.54) is 55.2 Å². The second-order valence-corrected chi connectivity index (χ2v) is 20.8. The number of ether oxygens (including phenoxy) is 5. The number of methoxy groups -OCH3 is 2. The molecule has 0 saturated carbocycles. The molecule has 628 valence electrons. The van der Waals surface area contributed by atoms with Crippen molar-refractivity contribution in [1.29, 1.82) is 5.26 Å². The first-order valence-corrected chi connectivity index (χ1v) is 32.6. The fourth-order valence-corrected chi connectivity index (χ4v) is 5.60. The number of aromatic nitrogens is 12. The van der Waals surface area contributed by atoms with Gasteiger partial charge in [0.15, 0.2) is 55.5 Å². The number of oxime groups is 1. The quantitative estimate of drug-likeness (QED) is 0.00461. The first-order chi connectivity index (χ1) is 52.5. The number of allylic oxidation sites excluding steroid dienone is 3. The number of hydrogen-bond donors (Lipinski definition) is 3. The van der Waals surface area contributed by atoms with E-state index in [0.717, 1.165) is 17.2 Å². The normalized spacial score (nSPS) is 12.0. The highest BCUT2D eigenvalue weighted by Crippen LogP contribution is 2.17. The van der Waals surface area contributed by atoms with Gasteiger partial charge in [-0.05, 0) is 75.3 Å². The number of rotatable bonds is 23. The Balaban J connectivity index is -0.000000217. The Morgan fingerprint density at radius 1 is 0.643 bits per heavy atom. The van der Waals surface area contributed by atoms with Gasteiger partial charge in [-0.3, -0.25) is 47.7 Å². The maximum absolute atomic E-state index is 11.6. The molecule has 0 spiro atoms. The fraction of sp³-hybridized carbons (Fsp3) is 0.556. The van der Waals surface area contributed by atoms with Crippen LogP contribution in [0.2, 0.25) is 0 Å². The van der Waals surface area contributed by atoms with Crippen molar-refractivity contribution in [2.45, 2.75) is 166 Å². The van der Waals surface area contributed by atoms with Crippen LogP contribution in [0.25, 0.3) is 0 Å². The van der Waals surface area contributed by atoms with Crippen molar-refractivity contribution in [3.05, 3.63) is 94.8 Å². The van der Waals surface area contributed by atoms with Crippen LogP contribution in [0.1, 0.15) is 189 Å². The molecule has 0 bridgehead atoms. The number of aliphatic carboxylic acids is 1. The number of carbonyl (C=O) groups is 9. The number of nitrogens with two attached hydrogens (primary N) is 1. The van der Waals surface area contributed by atoms with E-state index in [1.54, 1.807) is 88.3 Å². The smallest absolute Gasteiger partial charge is 0.481 e. The molecule has 0 aromatic carbocycles. The Morgan fingerprint density at radius 2 is 0.982 bits per heavy atom. The Labute approximate surface area is 638 Å². The predicted molar refractivity (Wildman–Crippen MR) is 367 cm³/mol. The lowest BCUT2D eigenvalue weighted by Gasteiger charge is -2.16. The summed E-state index contributed by atoms with van der Waals surface area (Å²) in [5.74, 6) is 0.368. The molecule has 6 heterocycles. The highest BCUT2D eigenvalue weighted by Gasteiger charge is 2.26. The Hall–Kier alpha value is -12.1. The number of carboxylic acids is 1. The number of alkyl halides is 4. The lowest BCUT2D eigenvalue weighted by atomic mass is 10.1. The number of nitriles is 1. The number of halogens is 6. The highest BCUT2D eigenvalue weighted by atomic mass is 31.1. The van der Waals surface area contributed by atoms with E-state index in [2.05, 4.69) is 98.7 Å². The number of esters is 3. The molecule has 0 aliphatic rings. The predicted octanol–water partition coefficient (Wildman–Crippen LogP) is 8.70. The van der Waals surface area contributed by atoms with Crippen LogP contribution in [-0.2, 0) is 85.8 Å². The second kappa shape index (κ2) is 69.4. The van der Waals surface area contributed by atoms with Crippen molar-refractivity contribution < 1.29 is 150 Å². The molecular weight excluding hydrogens is 1540 g/mol. The summed E-state index contributed by atoms with van der Waals surface area (Å²) in [6.07, 6.45) is 3.71. The number of ketones is 1. The largest absolute Gasteiger partial charge is 0.522 e. The van der Waals surface area contributed by atoms with Crippen molar-refractivity contribution in [2.75, 3.05) is 54.4 Å². The Bertz CT molecular complexity index is 3680. The summed E-state index contributed by atoms with van der Waals surface area (Å²) >= 11 is 0. The summed E-state index contributed by atoms with van der Waals surface area (Å²) in [6.45, 7) is 30.8. The minimum atomic E-state index is -4.46. The number of aldehydes is 2. The van der Waals surface area contributed by atoms with Crippen molar-refractivity contribution in [3.63, 3.8) is 0 Å². The van der Waals surface area contributed by atoms with Crippen molar-refractivity contribution >= 4 is 75.1 Å². The van der Waals surface area contributed by atoms with Gasteiger partial charge in [-0.15, -0.1) is 13.2 Å². The van der Waals surface area contributed by atoms with Crippen LogP contribution in [0, 0.1) is 64.7 Å². The van der Waals surface area contributed by atoms with Gasteiger partial charge in [0.1, 0.15) is 48.6 Å². The average molecular weight is 1640 g/mol. The molecule has 8 atom stereocenters. The SMILES string of the molecule is C/C=C\C(C)c1noc(C)n1.CC(=O)C(C)c1noc(C)n1.CCOC(=O)C(C)C#N.CCOC(=O)C(C)C(N)=NO.COC(=O)CP=O.COC(F)(F)F.CON(C)C(=O)C(C)c1noc(C)n1.Cc1nc(C(C)/C=C\OC=O)no1.Cc1nc(C(C)C(=O)O)no1.Cc1nc(C(C)C=O)no1.FF.O=C=O.O=CCF. The molecule has 0 saturated heterocycles. The van der Waals surface area contributed by atoms with Crippen LogP contribution in [0.3, 0.4) is 0 Å². The van der Waals surface area contributed by atoms with Crippen LogP contribution in [0.15, 0.2) is 56.8 Å². The number of aryl methyl sites for hydroxylation is 6. The van der Waals surface area contributed by atoms with Gasteiger partial charge in [0.2, 0.25) is 35.3 Å². The second-order valence-electron chi connectivity index (χ2n) is 20.3. The number of amidine groups is 1. The number of Topliss-reactive ketones (excluding diaryl/α,β-unsaturated/α-hetero) is 1. The first-order valence-electron chi connectivity index (χ1n) is 31.6. The number of likely N-dealkylation sites (N-methyl/N-ethyl adjacent to an activating group) is 1. The zero-order chi connectivity index (χ0) is 88.2. The minimum absolute atomic E-state index is 0.0302. The molecule has 6 aromatic heterocycles. The average Bonchev–Trinajstić information content (AvgIpc) is 1.71. The van der Waals surface area contributed by atoms with E-state index in [-0.39, 0.29) is 74.1 Å². The molecule has 0 radical (unpaired) electrons. The molecule has 0 aliphatic carbocycles. The molecule has 1 amide bonds. The maximum atomic E-state index is 11.6. The number of nitrogens with zero attached hydrogens (tertiary/aromatic N) is 15. The Kier molecular flexibility index (Phi) is 70.1. The van der Waals surface area contributed by atoms with Crippen molar-refractivity contribution in [2.24, 2.45) is 22.7 Å². The van der Waals surface area contributed by atoms with E-state index in [9.17, 15) is 60.5 Å². The molecule has 8 unspecified atom stereocenters. The van der Waals surface area contributed by atoms with Crippen LogP contribution < -0.4 is 5.73 Å². The van der Waals surface area contributed by atoms with Gasteiger partial charge in [0.25, 0.3) is 12.4 Å². The number of carbonyl (C=O) groups excluding carboxylic acids is 10. The minimum Gasteiger partial charge on any atom is -0.481 e. The number of hydrogen-bond acceptors (Lipinski definition) is 39. The van der Waals surface area contributed by atoms with E-state index in [1.807, 2.05) is 32.9 Å². The van der Waals surface area contributed by atoms with Crippen LogP contribution in [0.5, 0.6) is 0 Å². The summed E-state index contributed by atoms with van der Waals surface area (Å²) < 4.78 is 117.